The smallest absolute Gasteiger partial charge is 0.243 e. The highest BCUT2D eigenvalue weighted by atomic mass is 32.2. The predicted molar refractivity (Wildman–Crippen MR) is 73.4 cm³/mol. The molecule has 20 heavy (non-hydrogen) atoms. The molecule has 1 unspecified atom stereocenters. The van der Waals surface area contributed by atoms with E-state index in [-0.39, 0.29) is 11.7 Å². The number of rotatable bonds is 2. The lowest BCUT2D eigenvalue weighted by Gasteiger charge is -2.23. The van der Waals surface area contributed by atoms with Crippen molar-refractivity contribution in [3.05, 3.63) is 23.8 Å². The number of carbonyl (C=O) groups excluding carboxylic acids is 1. The lowest BCUT2D eigenvalue weighted by Crippen LogP contribution is -2.48. The van der Waals surface area contributed by atoms with Crippen molar-refractivity contribution >= 4 is 21.4 Å². The fourth-order valence-corrected chi connectivity index (χ4v) is 4.03. The Labute approximate surface area is 117 Å². The van der Waals surface area contributed by atoms with E-state index in [9.17, 15) is 13.2 Å². The minimum Gasteiger partial charge on any atom is -0.378 e. The molecule has 0 bridgehead atoms. The Bertz CT molecular complexity index is 636. The normalized spacial score (nSPS) is 24.1. The number of morpholine rings is 1. The molecule has 1 amide bonds. The highest BCUT2D eigenvalue weighted by Crippen LogP contribution is 2.28. The molecule has 1 saturated heterocycles. The number of ether oxygens (including phenoxy) is 1. The molecule has 2 heterocycles. The van der Waals surface area contributed by atoms with Crippen LogP contribution in [0, 0.1) is 0 Å². The Morgan fingerprint density at radius 2 is 2.25 bits per heavy atom. The van der Waals surface area contributed by atoms with Gasteiger partial charge < -0.3 is 15.4 Å². The fraction of sp³-hybridized carbons (Fsp3) is 0.462. The fourth-order valence-electron chi connectivity index (χ4n) is 2.45. The van der Waals surface area contributed by atoms with Crippen LogP contribution in [-0.4, -0.2) is 45.9 Å². The summed E-state index contributed by atoms with van der Waals surface area (Å²) in [5.74, 6) is -0.0577. The summed E-state index contributed by atoms with van der Waals surface area (Å²) < 4.78 is 28.9. The number of amides is 1. The third-order valence-electron chi connectivity index (χ3n) is 3.55. The molecule has 7 heteroatoms. The first-order chi connectivity index (χ1) is 9.56. The second kappa shape index (κ2) is 5.16. The molecule has 3 rings (SSSR count). The van der Waals surface area contributed by atoms with E-state index in [2.05, 4.69) is 10.6 Å². The second-order valence-electron chi connectivity index (χ2n) is 4.96. The van der Waals surface area contributed by atoms with Crippen LogP contribution in [0.2, 0.25) is 0 Å². The van der Waals surface area contributed by atoms with Gasteiger partial charge in [-0.1, -0.05) is 6.07 Å². The van der Waals surface area contributed by atoms with Crippen molar-refractivity contribution in [2.75, 3.05) is 30.8 Å². The lowest BCUT2D eigenvalue weighted by atomic mass is 10.1. The molecule has 0 radical (unpaired) electrons. The SMILES string of the molecule is O=C(Nc1ccc2c(c1)S(=O)(=O)CC2)C1COCCN1. The van der Waals surface area contributed by atoms with Crippen LogP contribution >= 0.6 is 0 Å². The average molecular weight is 296 g/mol. The molecule has 0 aromatic heterocycles. The van der Waals surface area contributed by atoms with Crippen LogP contribution < -0.4 is 10.6 Å². The Balaban J connectivity index is 1.77. The number of hydrogen-bond acceptors (Lipinski definition) is 5. The van der Waals surface area contributed by atoms with Crippen LogP contribution in [0.15, 0.2) is 23.1 Å². The Kier molecular flexibility index (Phi) is 3.49. The largest absolute Gasteiger partial charge is 0.378 e. The van der Waals surface area contributed by atoms with E-state index in [4.69, 9.17) is 4.74 Å². The van der Waals surface area contributed by atoms with Crippen molar-refractivity contribution in [1.29, 1.82) is 0 Å². The topological polar surface area (TPSA) is 84.5 Å². The lowest BCUT2D eigenvalue weighted by molar-refractivity contribution is -0.120. The van der Waals surface area contributed by atoms with Crippen molar-refractivity contribution in [1.82, 2.24) is 5.32 Å². The summed E-state index contributed by atoms with van der Waals surface area (Å²) in [6.45, 7) is 1.56. The maximum absolute atomic E-state index is 12.0. The molecule has 0 saturated carbocycles. The first-order valence-corrected chi connectivity index (χ1v) is 8.19. The third-order valence-corrected chi connectivity index (χ3v) is 5.34. The summed E-state index contributed by atoms with van der Waals surface area (Å²) in [5, 5.41) is 5.79. The molecular weight excluding hydrogens is 280 g/mol. The molecule has 0 aliphatic carbocycles. The number of fused-ring (bicyclic) bond motifs is 1. The summed E-state index contributed by atoms with van der Waals surface area (Å²) >= 11 is 0. The van der Waals surface area contributed by atoms with Gasteiger partial charge in [0.15, 0.2) is 9.84 Å². The Morgan fingerprint density at radius 1 is 1.40 bits per heavy atom. The average Bonchev–Trinajstić information content (AvgIpc) is 2.75. The zero-order chi connectivity index (χ0) is 14.2. The number of nitrogens with one attached hydrogen (secondary N) is 2. The molecule has 2 aliphatic heterocycles. The van der Waals surface area contributed by atoms with Crippen molar-refractivity contribution in [3.8, 4) is 0 Å². The predicted octanol–water partition coefficient (Wildman–Crippen LogP) is -0.0567. The zero-order valence-electron chi connectivity index (χ0n) is 10.9. The molecule has 1 aromatic rings. The molecule has 108 valence electrons. The number of anilines is 1. The molecule has 1 aromatic carbocycles. The van der Waals surface area contributed by atoms with E-state index in [1.807, 2.05) is 0 Å². The van der Waals surface area contributed by atoms with Gasteiger partial charge in [-0.25, -0.2) is 8.42 Å². The van der Waals surface area contributed by atoms with Crippen LogP contribution in [0.1, 0.15) is 5.56 Å². The van der Waals surface area contributed by atoms with Gasteiger partial charge in [-0.2, -0.15) is 0 Å². The van der Waals surface area contributed by atoms with E-state index < -0.39 is 15.9 Å². The first-order valence-electron chi connectivity index (χ1n) is 6.54. The van der Waals surface area contributed by atoms with Crippen LogP contribution in [0.3, 0.4) is 0 Å². The molecule has 2 N–H and O–H groups in total. The van der Waals surface area contributed by atoms with Gasteiger partial charge in [0, 0.05) is 12.2 Å². The first kappa shape index (κ1) is 13.5. The zero-order valence-corrected chi connectivity index (χ0v) is 11.7. The monoisotopic (exact) mass is 296 g/mol. The quantitative estimate of drug-likeness (QED) is 0.799. The maximum Gasteiger partial charge on any atom is 0.243 e. The minimum absolute atomic E-state index is 0.151. The van der Waals surface area contributed by atoms with Gasteiger partial charge in [-0.3, -0.25) is 4.79 Å². The summed E-state index contributed by atoms with van der Waals surface area (Å²) in [6, 6.07) is 4.65. The van der Waals surface area contributed by atoms with Crippen molar-refractivity contribution in [2.24, 2.45) is 0 Å². The van der Waals surface area contributed by atoms with Crippen molar-refractivity contribution in [3.63, 3.8) is 0 Å². The van der Waals surface area contributed by atoms with Gasteiger partial charge in [0.25, 0.3) is 0 Å². The Hall–Kier alpha value is -1.44. The maximum atomic E-state index is 12.0. The second-order valence-corrected chi connectivity index (χ2v) is 7.04. The van der Waals surface area contributed by atoms with Crippen LogP contribution in [0.25, 0.3) is 0 Å². The highest BCUT2D eigenvalue weighted by Gasteiger charge is 2.27. The summed E-state index contributed by atoms with van der Waals surface area (Å²) in [6.07, 6.45) is 0.546. The molecule has 6 nitrogen and oxygen atoms in total. The van der Waals surface area contributed by atoms with Crippen molar-refractivity contribution in [2.45, 2.75) is 17.4 Å². The molecular formula is C13H16N2O4S. The van der Waals surface area contributed by atoms with Gasteiger partial charge in [-0.15, -0.1) is 0 Å². The molecule has 1 atom stereocenters. The highest BCUT2D eigenvalue weighted by molar-refractivity contribution is 7.91. The van der Waals surface area contributed by atoms with E-state index in [1.165, 1.54) is 0 Å². The van der Waals surface area contributed by atoms with Crippen LogP contribution in [0.5, 0.6) is 0 Å². The number of benzene rings is 1. The van der Waals surface area contributed by atoms with Gasteiger partial charge in [0.2, 0.25) is 5.91 Å². The van der Waals surface area contributed by atoms with Crippen molar-refractivity contribution < 1.29 is 17.9 Å². The van der Waals surface area contributed by atoms with E-state index in [0.29, 0.717) is 36.8 Å². The molecule has 2 aliphatic rings. The number of carbonyl (C=O) groups is 1. The minimum atomic E-state index is -3.18. The van der Waals surface area contributed by atoms with Gasteiger partial charge >= 0.3 is 0 Å². The summed E-state index contributed by atoms with van der Waals surface area (Å²) in [5.41, 5.74) is 1.33. The standard InChI is InChI=1S/C13H16N2O4S/c16-13(11-8-19-5-4-14-11)15-10-2-1-9-3-6-20(17,18)12(9)7-10/h1-2,7,11,14H,3-6,8H2,(H,15,16). The van der Waals surface area contributed by atoms with E-state index >= 15 is 0 Å². The summed E-state index contributed by atoms with van der Waals surface area (Å²) in [4.78, 5) is 12.4. The van der Waals surface area contributed by atoms with E-state index in [1.54, 1.807) is 18.2 Å². The van der Waals surface area contributed by atoms with Crippen LogP contribution in [0.4, 0.5) is 5.69 Å². The number of sulfone groups is 1. The molecule has 0 spiro atoms. The number of hydrogen-bond donors (Lipinski definition) is 2. The summed E-state index contributed by atoms with van der Waals surface area (Å²) in [7, 11) is -3.18. The Morgan fingerprint density at radius 3 is 3.00 bits per heavy atom. The van der Waals surface area contributed by atoms with E-state index in [0.717, 1.165) is 5.56 Å². The van der Waals surface area contributed by atoms with Crippen LogP contribution in [-0.2, 0) is 25.8 Å². The molecule has 1 fully saturated rings. The van der Waals surface area contributed by atoms with Gasteiger partial charge in [0.05, 0.1) is 23.9 Å². The van der Waals surface area contributed by atoms with Gasteiger partial charge in [0.1, 0.15) is 6.04 Å². The van der Waals surface area contributed by atoms with Gasteiger partial charge in [-0.05, 0) is 24.1 Å². The third kappa shape index (κ3) is 2.56. The number of aryl methyl sites for hydroxylation is 1.